The van der Waals surface area contributed by atoms with Crippen molar-refractivity contribution in [1.82, 2.24) is 10.2 Å². The molecule has 18 heteroatoms. The molecule has 0 aromatic heterocycles. The number of primary amides is 1. The Morgan fingerprint density at radius 2 is 1.47 bits per heavy atom. The Morgan fingerprint density at radius 1 is 0.922 bits per heavy atom. The molecule has 0 radical (unpaired) electrons. The summed E-state index contributed by atoms with van der Waals surface area (Å²) in [7, 11) is 0. The predicted molar refractivity (Wildman–Crippen MR) is 167 cm³/mol. The summed E-state index contributed by atoms with van der Waals surface area (Å²) in [4.78, 5) is 80.0. The van der Waals surface area contributed by atoms with Gasteiger partial charge in [-0.1, -0.05) is 27.7 Å². The van der Waals surface area contributed by atoms with Crippen LogP contribution in [0.1, 0.15) is 68.7 Å². The van der Waals surface area contributed by atoms with Gasteiger partial charge in [0.1, 0.15) is 12.6 Å². The monoisotopic (exact) mass is 733 g/mol. The minimum Gasteiger partial charge on any atom is -0.456 e. The van der Waals surface area contributed by atoms with Crippen LogP contribution in [0.25, 0.3) is 0 Å². The highest BCUT2D eigenvalue weighted by Gasteiger charge is 2.69. The molecule has 4 atom stereocenters. The standard InChI is InChI=1S/C33H41F5N4O9/c1-17(2)25(40-29(46)21-7-9-22(10-8-21)30(47)41-11-13-49-14-12-41)31(48)42(16-23(50-19(5)43)15-24(42)28(39)45)26(18(3)4)27(51-20(6)44)32(34,35)33(36,37)38/h7-10,17-18,23-25H,11-16H2,1-6H3,(H2-,39,40,45,46)/p+1/t23-,24-,25-,42-/m0/s1. The number of nitrogens with one attached hydrogen (secondary N) is 1. The van der Waals surface area contributed by atoms with Crippen LogP contribution in [-0.4, -0.2) is 108 Å². The molecule has 4 amide bonds. The number of carbonyl (C=O) groups is 6. The van der Waals surface area contributed by atoms with Crippen LogP contribution in [0.3, 0.4) is 0 Å². The minimum atomic E-state index is -6.34. The molecule has 2 heterocycles. The van der Waals surface area contributed by atoms with Crippen molar-refractivity contribution in [3.8, 4) is 0 Å². The lowest BCUT2D eigenvalue weighted by molar-refractivity contribution is -0.827. The van der Waals surface area contributed by atoms with E-state index in [1.807, 2.05) is 0 Å². The number of nitrogens with two attached hydrogens (primary N) is 1. The molecule has 51 heavy (non-hydrogen) atoms. The number of hydrogen-bond acceptors (Lipinski definition) is 9. The van der Waals surface area contributed by atoms with E-state index in [-0.39, 0.29) is 17.0 Å². The van der Waals surface area contributed by atoms with E-state index in [2.05, 4.69) is 10.1 Å². The Kier molecular flexibility index (Phi) is 12.7. The molecule has 3 rings (SSSR count). The maximum absolute atomic E-state index is 15.4. The molecular weight excluding hydrogens is 691 g/mol. The minimum absolute atomic E-state index is 0.0481. The van der Waals surface area contributed by atoms with Gasteiger partial charge in [-0.3, -0.25) is 24.0 Å². The van der Waals surface area contributed by atoms with Gasteiger partial charge in [-0.25, -0.2) is 9.28 Å². The van der Waals surface area contributed by atoms with Crippen molar-refractivity contribution < 1.29 is 69.4 Å². The Labute approximate surface area is 290 Å². The summed E-state index contributed by atoms with van der Waals surface area (Å²) < 4.78 is 86.1. The largest absolute Gasteiger partial charge is 0.461 e. The lowest BCUT2D eigenvalue weighted by Crippen LogP contribution is -2.67. The van der Waals surface area contributed by atoms with Crippen molar-refractivity contribution in [1.29, 1.82) is 0 Å². The number of morpholine rings is 1. The fourth-order valence-electron chi connectivity index (χ4n) is 6.39. The maximum Gasteiger partial charge on any atom is 0.461 e. The lowest BCUT2D eigenvalue weighted by atomic mass is 9.94. The summed E-state index contributed by atoms with van der Waals surface area (Å²) in [6.07, 6.45) is -8.33. The number of benzene rings is 1. The van der Waals surface area contributed by atoms with E-state index in [9.17, 15) is 41.9 Å². The van der Waals surface area contributed by atoms with Gasteiger partial charge in [0.25, 0.3) is 17.7 Å². The Hall–Kier alpha value is -4.45. The molecule has 1 aromatic carbocycles. The van der Waals surface area contributed by atoms with Gasteiger partial charge in [0.15, 0.2) is 17.8 Å². The first-order chi connectivity index (χ1) is 23.6. The van der Waals surface area contributed by atoms with Gasteiger partial charge in [0, 0.05) is 44.0 Å². The SMILES string of the molecule is CC(=O)OC(=C(C(C)C)[N@+]1(C(=O)[C@@H](NC(=O)c2ccc(C(=O)N3CCOCC3)cc2)C(C)C)C[C@@H](OC(C)=O)C[C@H]1C(N)=O)C(F)(F)C(F)(F)F. The zero-order valence-corrected chi connectivity index (χ0v) is 29.0. The van der Waals surface area contributed by atoms with Crippen LogP contribution < -0.4 is 11.1 Å². The summed E-state index contributed by atoms with van der Waals surface area (Å²) in [6, 6.07) is 1.75. The molecule has 0 spiro atoms. The molecule has 2 aliphatic rings. The number of hydrogen-bond donors (Lipinski definition) is 2. The first-order valence-corrected chi connectivity index (χ1v) is 16.1. The number of likely N-dealkylation sites (tertiary alicyclic amines) is 1. The number of amides is 4. The van der Waals surface area contributed by atoms with E-state index >= 15 is 8.78 Å². The average Bonchev–Trinajstić information content (AvgIpc) is 3.41. The van der Waals surface area contributed by atoms with Crippen molar-refractivity contribution in [3.05, 3.63) is 46.8 Å². The second kappa shape index (κ2) is 15.8. The van der Waals surface area contributed by atoms with E-state index in [4.69, 9.17) is 15.2 Å². The number of quaternary nitrogens is 1. The molecule has 0 unspecified atom stereocenters. The van der Waals surface area contributed by atoms with Crippen LogP contribution in [0, 0.1) is 11.8 Å². The quantitative estimate of drug-likeness (QED) is 0.150. The summed E-state index contributed by atoms with van der Waals surface area (Å²) in [5.41, 5.74) is 4.77. The molecule has 2 saturated heterocycles. The third-order valence-corrected chi connectivity index (χ3v) is 8.57. The highest BCUT2D eigenvalue weighted by Crippen LogP contribution is 2.49. The number of halogens is 5. The number of nitrogens with zero attached hydrogens (tertiary/aromatic N) is 2. The molecule has 2 aliphatic heterocycles. The highest BCUT2D eigenvalue weighted by molar-refractivity contribution is 5.99. The number of ether oxygens (including phenoxy) is 3. The van der Waals surface area contributed by atoms with Crippen molar-refractivity contribution >= 4 is 35.6 Å². The smallest absolute Gasteiger partial charge is 0.456 e. The summed E-state index contributed by atoms with van der Waals surface area (Å²) in [5, 5.41) is 2.49. The molecule has 0 bridgehead atoms. The van der Waals surface area contributed by atoms with Crippen molar-refractivity contribution in [2.45, 2.75) is 78.2 Å². The van der Waals surface area contributed by atoms with Crippen LogP contribution in [0.2, 0.25) is 0 Å². The second-order valence-electron chi connectivity index (χ2n) is 13.0. The maximum atomic E-state index is 15.4. The van der Waals surface area contributed by atoms with Crippen LogP contribution in [0.15, 0.2) is 35.7 Å². The van der Waals surface area contributed by atoms with Crippen molar-refractivity contribution in [3.63, 3.8) is 0 Å². The number of allylic oxidation sites excluding steroid dienone is 2. The third kappa shape index (κ3) is 8.72. The van der Waals surface area contributed by atoms with Gasteiger partial charge in [0.05, 0.1) is 19.6 Å². The number of alkyl halides is 5. The zero-order chi connectivity index (χ0) is 38.6. The fraction of sp³-hybridized carbons (Fsp3) is 0.576. The summed E-state index contributed by atoms with van der Waals surface area (Å²) in [6.45, 7) is 7.30. The topological polar surface area (TPSA) is 171 Å². The Balaban J connectivity index is 2.23. The zero-order valence-electron chi connectivity index (χ0n) is 29.0. The van der Waals surface area contributed by atoms with Crippen molar-refractivity contribution in [2.24, 2.45) is 17.6 Å². The van der Waals surface area contributed by atoms with Gasteiger partial charge in [0.2, 0.25) is 5.76 Å². The Bertz CT molecular complexity index is 1560. The number of rotatable bonds is 11. The van der Waals surface area contributed by atoms with Gasteiger partial charge in [-0.2, -0.15) is 22.0 Å². The van der Waals surface area contributed by atoms with Gasteiger partial charge < -0.3 is 30.2 Å². The lowest BCUT2D eigenvalue weighted by Gasteiger charge is -2.42. The van der Waals surface area contributed by atoms with E-state index < -0.39 is 101 Å². The van der Waals surface area contributed by atoms with E-state index in [0.29, 0.717) is 33.2 Å². The highest BCUT2D eigenvalue weighted by atomic mass is 19.4. The second-order valence-corrected chi connectivity index (χ2v) is 13.0. The third-order valence-electron chi connectivity index (χ3n) is 8.57. The van der Waals surface area contributed by atoms with Gasteiger partial charge in [-0.05, 0) is 30.2 Å². The van der Waals surface area contributed by atoms with Gasteiger partial charge in [-0.15, -0.1) is 0 Å². The van der Waals surface area contributed by atoms with Crippen LogP contribution in [0.5, 0.6) is 0 Å². The van der Waals surface area contributed by atoms with E-state index in [0.717, 1.165) is 20.8 Å². The van der Waals surface area contributed by atoms with E-state index in [1.165, 1.54) is 38.1 Å². The molecule has 0 saturated carbocycles. The van der Waals surface area contributed by atoms with E-state index in [1.54, 1.807) is 4.90 Å². The first kappa shape index (κ1) is 41.0. The van der Waals surface area contributed by atoms with Crippen LogP contribution >= 0.6 is 0 Å². The molecule has 0 aliphatic carbocycles. The van der Waals surface area contributed by atoms with Crippen LogP contribution in [0.4, 0.5) is 22.0 Å². The van der Waals surface area contributed by atoms with Crippen LogP contribution in [-0.2, 0) is 33.4 Å². The van der Waals surface area contributed by atoms with Gasteiger partial charge >= 0.3 is 29.9 Å². The van der Waals surface area contributed by atoms with Crippen molar-refractivity contribution in [2.75, 3.05) is 32.8 Å². The molecule has 1 aromatic rings. The molecule has 13 nitrogen and oxygen atoms in total. The number of carbonyl (C=O) groups excluding carboxylic acids is 6. The molecule has 282 valence electrons. The summed E-state index contributed by atoms with van der Waals surface area (Å²) in [5.74, 6) is -16.8. The number of esters is 2. The first-order valence-electron chi connectivity index (χ1n) is 16.1. The molecule has 2 fully saturated rings. The molecule has 3 N–H and O–H groups in total. The normalized spacial score (nSPS) is 22.3. The fourth-order valence-corrected chi connectivity index (χ4v) is 6.39. The molecular formula is C33H42F5N4O9+. The average molecular weight is 734 g/mol. The summed E-state index contributed by atoms with van der Waals surface area (Å²) >= 11 is 0. The predicted octanol–water partition coefficient (Wildman–Crippen LogP) is 3.07. The Morgan fingerprint density at radius 3 is 1.92 bits per heavy atom.